The fourth-order valence-corrected chi connectivity index (χ4v) is 1.68. The topological polar surface area (TPSA) is 75.8 Å². The summed E-state index contributed by atoms with van der Waals surface area (Å²) in [7, 11) is 1.59. The van der Waals surface area contributed by atoms with Gasteiger partial charge in [0.2, 0.25) is 0 Å². The van der Waals surface area contributed by atoms with Crippen molar-refractivity contribution in [1.82, 2.24) is 0 Å². The number of aryl methyl sites for hydroxylation is 1. The third kappa shape index (κ3) is 3.68. The standard InChI is InChI=1S/C12H18N2O4/c1-10-3-4-11(9-12(10)14(16)17)13(5-7-15)6-8-18-2/h3-4,9,15H,5-8H2,1-2H3. The first-order valence-electron chi connectivity index (χ1n) is 5.70. The number of ether oxygens (including phenoxy) is 1. The first-order valence-corrected chi connectivity index (χ1v) is 5.70. The average Bonchev–Trinajstić information content (AvgIpc) is 2.35. The molecule has 0 radical (unpaired) electrons. The van der Waals surface area contributed by atoms with E-state index in [1.165, 1.54) is 6.07 Å². The highest BCUT2D eigenvalue weighted by Gasteiger charge is 2.14. The Morgan fingerprint density at radius 2 is 2.17 bits per heavy atom. The smallest absolute Gasteiger partial charge is 0.274 e. The third-order valence-electron chi connectivity index (χ3n) is 2.69. The van der Waals surface area contributed by atoms with Crippen molar-refractivity contribution in [3.05, 3.63) is 33.9 Å². The van der Waals surface area contributed by atoms with Gasteiger partial charge >= 0.3 is 0 Å². The van der Waals surface area contributed by atoms with E-state index in [1.807, 2.05) is 11.0 Å². The number of hydrogen-bond acceptors (Lipinski definition) is 5. The molecule has 0 aliphatic rings. The molecule has 1 aromatic carbocycles. The average molecular weight is 254 g/mol. The molecule has 0 aliphatic carbocycles. The Hall–Kier alpha value is -1.66. The highest BCUT2D eigenvalue weighted by atomic mass is 16.6. The number of nitro benzene ring substituents is 1. The summed E-state index contributed by atoms with van der Waals surface area (Å²) in [5, 5.41) is 19.9. The molecule has 0 unspecified atom stereocenters. The van der Waals surface area contributed by atoms with E-state index in [4.69, 9.17) is 9.84 Å². The Morgan fingerprint density at radius 3 is 2.72 bits per heavy atom. The normalized spacial score (nSPS) is 10.4. The monoisotopic (exact) mass is 254 g/mol. The number of methoxy groups -OCH3 is 1. The molecule has 6 heteroatoms. The van der Waals surface area contributed by atoms with Gasteiger partial charge in [0.1, 0.15) is 0 Å². The number of hydrogen-bond donors (Lipinski definition) is 1. The number of aliphatic hydroxyl groups excluding tert-OH is 1. The zero-order valence-corrected chi connectivity index (χ0v) is 10.6. The molecule has 1 N–H and O–H groups in total. The second-order valence-electron chi connectivity index (χ2n) is 3.93. The van der Waals surface area contributed by atoms with Crippen molar-refractivity contribution >= 4 is 11.4 Å². The van der Waals surface area contributed by atoms with Crippen molar-refractivity contribution in [2.24, 2.45) is 0 Å². The number of anilines is 1. The number of rotatable bonds is 7. The Bertz CT molecular complexity index is 409. The van der Waals surface area contributed by atoms with Crippen LogP contribution in [0.2, 0.25) is 0 Å². The largest absolute Gasteiger partial charge is 0.395 e. The van der Waals surface area contributed by atoms with Gasteiger partial charge < -0.3 is 14.7 Å². The van der Waals surface area contributed by atoms with E-state index in [2.05, 4.69) is 0 Å². The SMILES string of the molecule is COCCN(CCO)c1ccc(C)c([N+](=O)[O-])c1. The van der Waals surface area contributed by atoms with E-state index in [0.717, 1.165) is 5.69 Å². The molecule has 0 heterocycles. The second-order valence-corrected chi connectivity index (χ2v) is 3.93. The van der Waals surface area contributed by atoms with Crippen LogP contribution in [-0.4, -0.2) is 43.4 Å². The molecule has 1 aromatic rings. The summed E-state index contributed by atoms with van der Waals surface area (Å²) in [6, 6.07) is 5.05. The molecule has 0 saturated heterocycles. The molecule has 0 aliphatic heterocycles. The maximum absolute atomic E-state index is 10.9. The van der Waals surface area contributed by atoms with Crippen molar-refractivity contribution < 1.29 is 14.8 Å². The molecular weight excluding hydrogens is 236 g/mol. The predicted octanol–water partition coefficient (Wildman–Crippen LogP) is 1.35. The van der Waals surface area contributed by atoms with Crippen LogP contribution in [0.3, 0.4) is 0 Å². The van der Waals surface area contributed by atoms with Gasteiger partial charge in [-0.3, -0.25) is 10.1 Å². The van der Waals surface area contributed by atoms with E-state index >= 15 is 0 Å². The van der Waals surface area contributed by atoms with Crippen LogP contribution >= 0.6 is 0 Å². The molecule has 0 atom stereocenters. The molecule has 0 spiro atoms. The lowest BCUT2D eigenvalue weighted by molar-refractivity contribution is -0.385. The van der Waals surface area contributed by atoms with Crippen molar-refractivity contribution in [2.75, 3.05) is 38.3 Å². The lowest BCUT2D eigenvalue weighted by atomic mass is 10.1. The predicted molar refractivity (Wildman–Crippen MR) is 69.0 cm³/mol. The van der Waals surface area contributed by atoms with Crippen LogP contribution in [0.4, 0.5) is 11.4 Å². The number of benzene rings is 1. The van der Waals surface area contributed by atoms with Crippen molar-refractivity contribution in [3.63, 3.8) is 0 Å². The Balaban J connectivity index is 2.97. The first-order chi connectivity index (χ1) is 8.60. The summed E-state index contributed by atoms with van der Waals surface area (Å²) in [4.78, 5) is 12.3. The third-order valence-corrected chi connectivity index (χ3v) is 2.69. The number of nitrogens with zero attached hydrogens (tertiary/aromatic N) is 2. The van der Waals surface area contributed by atoms with E-state index in [-0.39, 0.29) is 12.3 Å². The Kier molecular flexibility index (Phi) is 5.54. The van der Waals surface area contributed by atoms with E-state index in [1.54, 1.807) is 20.1 Å². The van der Waals surface area contributed by atoms with Crippen LogP contribution < -0.4 is 4.90 Å². The molecule has 18 heavy (non-hydrogen) atoms. The fourth-order valence-electron chi connectivity index (χ4n) is 1.68. The molecule has 100 valence electrons. The van der Waals surface area contributed by atoms with Gasteiger partial charge in [-0.2, -0.15) is 0 Å². The molecule has 0 saturated carbocycles. The summed E-state index contributed by atoms with van der Waals surface area (Å²) < 4.78 is 4.98. The molecule has 1 rings (SSSR count). The summed E-state index contributed by atoms with van der Waals surface area (Å²) >= 11 is 0. The van der Waals surface area contributed by atoms with E-state index in [9.17, 15) is 10.1 Å². The van der Waals surface area contributed by atoms with E-state index in [0.29, 0.717) is 25.3 Å². The first kappa shape index (κ1) is 14.4. The minimum absolute atomic E-state index is 0.00854. The van der Waals surface area contributed by atoms with Crippen molar-refractivity contribution in [1.29, 1.82) is 0 Å². The number of aliphatic hydroxyl groups is 1. The lowest BCUT2D eigenvalue weighted by Crippen LogP contribution is -2.30. The van der Waals surface area contributed by atoms with Crippen molar-refractivity contribution in [2.45, 2.75) is 6.92 Å². The van der Waals surface area contributed by atoms with Gasteiger partial charge in [-0.05, 0) is 13.0 Å². The highest BCUT2D eigenvalue weighted by molar-refractivity contribution is 5.56. The second kappa shape index (κ2) is 6.93. The Morgan fingerprint density at radius 1 is 1.44 bits per heavy atom. The molecule has 0 amide bonds. The molecule has 0 bridgehead atoms. The zero-order chi connectivity index (χ0) is 13.5. The molecular formula is C12H18N2O4. The quantitative estimate of drug-likeness (QED) is 0.587. The zero-order valence-electron chi connectivity index (χ0n) is 10.6. The Labute approximate surface area is 106 Å². The lowest BCUT2D eigenvalue weighted by Gasteiger charge is -2.23. The minimum Gasteiger partial charge on any atom is -0.395 e. The van der Waals surface area contributed by atoms with Gasteiger partial charge in [0.25, 0.3) is 5.69 Å². The van der Waals surface area contributed by atoms with Gasteiger partial charge in [0, 0.05) is 37.5 Å². The summed E-state index contributed by atoms with van der Waals surface area (Å²) in [5.74, 6) is 0. The summed E-state index contributed by atoms with van der Waals surface area (Å²) in [6.07, 6.45) is 0. The number of nitro groups is 1. The fraction of sp³-hybridized carbons (Fsp3) is 0.500. The van der Waals surface area contributed by atoms with Crippen LogP contribution in [0.5, 0.6) is 0 Å². The molecule has 0 fully saturated rings. The molecule has 6 nitrogen and oxygen atoms in total. The van der Waals surface area contributed by atoms with Crippen LogP contribution in [0.1, 0.15) is 5.56 Å². The molecule has 0 aromatic heterocycles. The maximum Gasteiger partial charge on any atom is 0.274 e. The van der Waals surface area contributed by atoms with Gasteiger partial charge in [-0.25, -0.2) is 0 Å². The van der Waals surface area contributed by atoms with Crippen LogP contribution in [0, 0.1) is 17.0 Å². The van der Waals surface area contributed by atoms with Crippen LogP contribution in [0.15, 0.2) is 18.2 Å². The van der Waals surface area contributed by atoms with Crippen LogP contribution in [-0.2, 0) is 4.74 Å². The van der Waals surface area contributed by atoms with Crippen molar-refractivity contribution in [3.8, 4) is 0 Å². The van der Waals surface area contributed by atoms with E-state index < -0.39 is 4.92 Å². The van der Waals surface area contributed by atoms with Crippen LogP contribution in [0.25, 0.3) is 0 Å². The van der Waals surface area contributed by atoms with Gasteiger partial charge in [0.05, 0.1) is 18.1 Å². The van der Waals surface area contributed by atoms with Gasteiger partial charge in [-0.15, -0.1) is 0 Å². The summed E-state index contributed by atoms with van der Waals surface area (Å²) in [5.41, 5.74) is 1.44. The highest BCUT2D eigenvalue weighted by Crippen LogP contribution is 2.24. The van der Waals surface area contributed by atoms with Gasteiger partial charge in [-0.1, -0.05) is 6.07 Å². The summed E-state index contributed by atoms with van der Waals surface area (Å²) in [6.45, 7) is 3.20. The van der Waals surface area contributed by atoms with Gasteiger partial charge in [0.15, 0.2) is 0 Å². The maximum atomic E-state index is 10.9. The minimum atomic E-state index is -0.397.